The van der Waals surface area contributed by atoms with E-state index in [1.807, 2.05) is 30.3 Å². The minimum atomic E-state index is -0.701. The van der Waals surface area contributed by atoms with Gasteiger partial charge in [0.2, 0.25) is 0 Å². The largest absolute Gasteiger partial charge is 0.445 e. The Morgan fingerprint density at radius 3 is 2.87 bits per heavy atom. The van der Waals surface area contributed by atoms with E-state index in [0.29, 0.717) is 6.29 Å². The van der Waals surface area contributed by atoms with Crippen LogP contribution in [0.1, 0.15) is 21.6 Å². The van der Waals surface area contributed by atoms with E-state index in [-0.39, 0.29) is 24.4 Å². The van der Waals surface area contributed by atoms with Gasteiger partial charge in [0.25, 0.3) is 0 Å². The topological polar surface area (TPSA) is 68.3 Å². The zero-order valence-electron chi connectivity index (χ0n) is 12.1. The van der Waals surface area contributed by atoms with Gasteiger partial charge < -0.3 is 10.1 Å². The van der Waals surface area contributed by atoms with Crippen LogP contribution in [0.5, 0.6) is 0 Å². The van der Waals surface area contributed by atoms with Crippen molar-refractivity contribution in [3.8, 4) is 11.8 Å². The number of pyridine rings is 1. The van der Waals surface area contributed by atoms with Crippen LogP contribution in [0.15, 0.2) is 42.6 Å². The molecule has 0 fully saturated rings. The number of nitrogens with one attached hydrogen (secondary N) is 1. The molecule has 1 N–H and O–H groups in total. The van der Waals surface area contributed by atoms with Crippen LogP contribution in [0.25, 0.3) is 0 Å². The van der Waals surface area contributed by atoms with E-state index in [0.717, 1.165) is 11.8 Å². The summed E-state index contributed by atoms with van der Waals surface area (Å²) in [7, 11) is 0. The number of rotatable bonds is 4. The minimum absolute atomic E-state index is 0.0447. The van der Waals surface area contributed by atoms with Crippen LogP contribution >= 0.6 is 0 Å². The van der Waals surface area contributed by atoms with Gasteiger partial charge in [-0.05, 0) is 17.6 Å². The summed E-state index contributed by atoms with van der Waals surface area (Å²) in [6, 6.07) is 10.5. The molecular formula is C17H13FN2O3. The van der Waals surface area contributed by atoms with Crippen molar-refractivity contribution in [2.24, 2.45) is 0 Å². The molecule has 5 nitrogen and oxygen atoms in total. The lowest BCUT2D eigenvalue weighted by molar-refractivity contribution is 0.111. The van der Waals surface area contributed by atoms with Gasteiger partial charge in [0.1, 0.15) is 12.3 Å². The molecule has 2 aromatic rings. The van der Waals surface area contributed by atoms with Crippen molar-refractivity contribution in [3.05, 3.63) is 65.2 Å². The highest BCUT2D eigenvalue weighted by Crippen LogP contribution is 2.04. The van der Waals surface area contributed by atoms with E-state index < -0.39 is 11.9 Å². The molecule has 116 valence electrons. The first-order chi connectivity index (χ1) is 11.2. The summed E-state index contributed by atoms with van der Waals surface area (Å²) in [6.07, 6.45) is 0.722. The molecule has 1 heterocycles. The number of hydrogen-bond donors (Lipinski definition) is 1. The van der Waals surface area contributed by atoms with Gasteiger partial charge in [-0.3, -0.25) is 4.79 Å². The predicted octanol–water partition coefficient (Wildman–Crippen LogP) is 2.31. The summed E-state index contributed by atoms with van der Waals surface area (Å²) in [5.74, 6) is 4.56. The Morgan fingerprint density at radius 1 is 1.35 bits per heavy atom. The number of aldehydes is 1. The molecule has 0 saturated carbocycles. The van der Waals surface area contributed by atoms with Gasteiger partial charge in [-0.1, -0.05) is 36.3 Å². The molecular weight excluding hydrogens is 299 g/mol. The van der Waals surface area contributed by atoms with Gasteiger partial charge in [0, 0.05) is 0 Å². The monoisotopic (exact) mass is 312 g/mol. The van der Waals surface area contributed by atoms with E-state index in [9.17, 15) is 14.0 Å². The number of ether oxygens (including phenoxy) is 1. The number of amides is 1. The molecule has 0 bridgehead atoms. The molecule has 1 amide bonds. The van der Waals surface area contributed by atoms with Crippen LogP contribution in [0.3, 0.4) is 0 Å². The molecule has 0 aliphatic carbocycles. The van der Waals surface area contributed by atoms with Crippen molar-refractivity contribution in [2.75, 3.05) is 6.54 Å². The lowest BCUT2D eigenvalue weighted by atomic mass is 10.2. The fourth-order valence-electron chi connectivity index (χ4n) is 1.64. The maximum absolute atomic E-state index is 13.1. The van der Waals surface area contributed by atoms with E-state index in [1.54, 1.807) is 0 Å². The molecule has 1 aromatic carbocycles. The molecule has 0 spiro atoms. The summed E-state index contributed by atoms with van der Waals surface area (Å²) in [5.41, 5.74) is 1.01. The Bertz CT molecular complexity index is 751. The molecule has 23 heavy (non-hydrogen) atoms. The summed E-state index contributed by atoms with van der Waals surface area (Å²) in [4.78, 5) is 25.8. The third-order valence-corrected chi connectivity index (χ3v) is 2.76. The number of benzene rings is 1. The first-order valence-corrected chi connectivity index (χ1v) is 6.73. The number of alkyl carbamates (subject to hydrolysis) is 1. The predicted molar refractivity (Wildman–Crippen MR) is 81.1 cm³/mol. The second-order valence-corrected chi connectivity index (χ2v) is 4.43. The third kappa shape index (κ3) is 5.25. The minimum Gasteiger partial charge on any atom is -0.445 e. The third-order valence-electron chi connectivity index (χ3n) is 2.76. The van der Waals surface area contributed by atoms with Gasteiger partial charge in [-0.15, -0.1) is 0 Å². The van der Waals surface area contributed by atoms with Crippen molar-refractivity contribution in [3.63, 3.8) is 0 Å². The second kappa shape index (κ2) is 8.29. The van der Waals surface area contributed by atoms with Gasteiger partial charge in [0.15, 0.2) is 12.1 Å². The van der Waals surface area contributed by atoms with E-state index in [2.05, 4.69) is 22.1 Å². The number of aromatic nitrogens is 1. The summed E-state index contributed by atoms with van der Waals surface area (Å²) in [5, 5.41) is 2.46. The lowest BCUT2D eigenvalue weighted by Crippen LogP contribution is -2.24. The smallest absolute Gasteiger partial charge is 0.408 e. The average molecular weight is 312 g/mol. The molecule has 2 rings (SSSR count). The SMILES string of the molecule is O=Cc1cc(C#CCNC(=O)OCc2ccccc2)ncc1F. The van der Waals surface area contributed by atoms with E-state index in [1.165, 1.54) is 6.07 Å². The number of halogens is 1. The number of hydrogen-bond acceptors (Lipinski definition) is 4. The van der Waals surface area contributed by atoms with Crippen LogP contribution < -0.4 is 5.32 Å². The van der Waals surface area contributed by atoms with Crippen molar-refractivity contribution in [1.29, 1.82) is 0 Å². The van der Waals surface area contributed by atoms with Crippen molar-refractivity contribution in [1.82, 2.24) is 10.3 Å². The summed E-state index contributed by atoms with van der Waals surface area (Å²) >= 11 is 0. The normalized spacial score (nSPS) is 9.43. The molecule has 0 unspecified atom stereocenters. The number of carbonyl (C=O) groups is 2. The fraction of sp³-hybridized carbons (Fsp3) is 0.118. The van der Waals surface area contributed by atoms with Gasteiger partial charge >= 0.3 is 6.09 Å². The molecule has 0 saturated heterocycles. The molecule has 0 atom stereocenters. The Hall–Kier alpha value is -3.20. The van der Waals surface area contributed by atoms with Crippen LogP contribution in [0.2, 0.25) is 0 Å². The van der Waals surface area contributed by atoms with Gasteiger partial charge in [0.05, 0.1) is 18.3 Å². The Morgan fingerprint density at radius 2 is 2.13 bits per heavy atom. The zero-order chi connectivity index (χ0) is 16.5. The number of carbonyl (C=O) groups excluding carboxylic acids is 2. The highest BCUT2D eigenvalue weighted by Gasteiger charge is 2.02. The van der Waals surface area contributed by atoms with Crippen LogP contribution in [-0.4, -0.2) is 23.9 Å². The quantitative estimate of drug-likeness (QED) is 0.695. The van der Waals surface area contributed by atoms with Crippen molar-refractivity contribution in [2.45, 2.75) is 6.61 Å². The highest BCUT2D eigenvalue weighted by atomic mass is 19.1. The second-order valence-electron chi connectivity index (χ2n) is 4.43. The van der Waals surface area contributed by atoms with E-state index in [4.69, 9.17) is 4.74 Å². The van der Waals surface area contributed by atoms with Crippen molar-refractivity contribution < 1.29 is 18.7 Å². The first-order valence-electron chi connectivity index (χ1n) is 6.73. The standard InChI is InChI=1S/C17H13FN2O3/c18-16-10-20-15(9-14(16)11-21)7-4-8-19-17(22)23-12-13-5-2-1-3-6-13/h1-3,5-6,9-11H,8,12H2,(H,19,22). The van der Waals surface area contributed by atoms with Gasteiger partial charge in [-0.25, -0.2) is 14.2 Å². The number of nitrogens with zero attached hydrogens (tertiary/aromatic N) is 1. The van der Waals surface area contributed by atoms with Gasteiger partial charge in [-0.2, -0.15) is 0 Å². The molecule has 0 aliphatic rings. The fourth-order valence-corrected chi connectivity index (χ4v) is 1.64. The van der Waals surface area contributed by atoms with Crippen LogP contribution in [-0.2, 0) is 11.3 Å². The Balaban J connectivity index is 1.79. The highest BCUT2D eigenvalue weighted by molar-refractivity contribution is 5.75. The average Bonchev–Trinajstić information content (AvgIpc) is 2.59. The zero-order valence-corrected chi connectivity index (χ0v) is 12.1. The summed E-state index contributed by atoms with van der Waals surface area (Å²) in [6.45, 7) is 0.214. The van der Waals surface area contributed by atoms with Crippen LogP contribution in [0.4, 0.5) is 9.18 Å². The maximum Gasteiger partial charge on any atom is 0.408 e. The Kier molecular flexibility index (Phi) is 5.83. The first kappa shape index (κ1) is 16.2. The molecule has 1 aromatic heterocycles. The maximum atomic E-state index is 13.1. The molecule has 0 aliphatic heterocycles. The molecule has 0 radical (unpaired) electrons. The van der Waals surface area contributed by atoms with Crippen molar-refractivity contribution >= 4 is 12.4 Å². The van der Waals surface area contributed by atoms with Crippen LogP contribution in [0, 0.1) is 17.7 Å². The Labute approximate surface area is 132 Å². The van der Waals surface area contributed by atoms with E-state index >= 15 is 0 Å². The summed E-state index contributed by atoms with van der Waals surface area (Å²) < 4.78 is 18.1. The molecule has 6 heteroatoms. The lowest BCUT2D eigenvalue weighted by Gasteiger charge is -2.04.